The van der Waals surface area contributed by atoms with Crippen molar-refractivity contribution >= 4 is 10.9 Å². The topological polar surface area (TPSA) is 4.93 Å². The zero-order chi connectivity index (χ0) is 10.7. The van der Waals surface area contributed by atoms with E-state index < -0.39 is 0 Å². The van der Waals surface area contributed by atoms with Gasteiger partial charge in [-0.25, -0.2) is 0 Å². The van der Waals surface area contributed by atoms with Gasteiger partial charge in [0.1, 0.15) is 0 Å². The summed E-state index contributed by atoms with van der Waals surface area (Å²) in [6.07, 6.45) is 3.90. The first-order chi connectivity index (χ1) is 7.33. The van der Waals surface area contributed by atoms with Crippen LogP contribution in [0, 0.1) is 6.92 Å². The third-order valence-corrected chi connectivity index (χ3v) is 3.00. The Morgan fingerprint density at radius 1 is 1.13 bits per heavy atom. The van der Waals surface area contributed by atoms with Crippen LogP contribution in [0.5, 0.6) is 0 Å². The Labute approximate surface area is 91.7 Å². The Morgan fingerprint density at radius 2 is 1.93 bits per heavy atom. The van der Waals surface area contributed by atoms with Gasteiger partial charge in [0.25, 0.3) is 0 Å². The molecule has 0 unspecified atom stereocenters. The summed E-state index contributed by atoms with van der Waals surface area (Å²) in [6, 6.07) is 10.9. The van der Waals surface area contributed by atoms with E-state index >= 15 is 0 Å². The second-order valence-corrected chi connectivity index (χ2v) is 4.20. The SMILES string of the molecule is CCCCCn1c(C)cc2ccccc21. The number of hydrogen-bond donors (Lipinski definition) is 0. The normalized spacial score (nSPS) is 11.1. The van der Waals surface area contributed by atoms with Crippen molar-refractivity contribution in [2.45, 2.75) is 39.7 Å². The Kier molecular flexibility index (Phi) is 3.10. The van der Waals surface area contributed by atoms with Gasteiger partial charge in [-0.2, -0.15) is 0 Å². The lowest BCUT2D eigenvalue weighted by molar-refractivity contribution is 0.607. The molecule has 1 aromatic carbocycles. The molecule has 1 aromatic heterocycles. The van der Waals surface area contributed by atoms with Crippen molar-refractivity contribution in [1.82, 2.24) is 4.57 Å². The number of benzene rings is 1. The minimum Gasteiger partial charge on any atom is -0.345 e. The Hall–Kier alpha value is -1.24. The van der Waals surface area contributed by atoms with Crippen LogP contribution in [0.15, 0.2) is 30.3 Å². The van der Waals surface area contributed by atoms with E-state index in [4.69, 9.17) is 0 Å². The molecule has 0 aliphatic heterocycles. The van der Waals surface area contributed by atoms with Crippen LogP contribution in [0.3, 0.4) is 0 Å². The molecule has 0 aliphatic carbocycles. The van der Waals surface area contributed by atoms with Crippen molar-refractivity contribution in [2.75, 3.05) is 0 Å². The van der Waals surface area contributed by atoms with Crippen molar-refractivity contribution in [3.63, 3.8) is 0 Å². The molecular weight excluding hydrogens is 182 g/mol. The monoisotopic (exact) mass is 201 g/mol. The molecule has 0 amide bonds. The van der Waals surface area contributed by atoms with Crippen LogP contribution in [0.4, 0.5) is 0 Å². The van der Waals surface area contributed by atoms with Crippen molar-refractivity contribution < 1.29 is 0 Å². The van der Waals surface area contributed by atoms with E-state index in [1.54, 1.807) is 0 Å². The molecule has 0 spiro atoms. The van der Waals surface area contributed by atoms with E-state index in [9.17, 15) is 0 Å². The molecule has 0 radical (unpaired) electrons. The molecule has 0 fully saturated rings. The van der Waals surface area contributed by atoms with Gasteiger partial charge in [0.2, 0.25) is 0 Å². The van der Waals surface area contributed by atoms with Crippen LogP contribution in [-0.2, 0) is 6.54 Å². The number of rotatable bonds is 4. The first-order valence-corrected chi connectivity index (χ1v) is 5.88. The minimum atomic E-state index is 1.16. The first-order valence-electron chi connectivity index (χ1n) is 5.88. The van der Waals surface area contributed by atoms with Crippen LogP contribution in [0.1, 0.15) is 31.9 Å². The molecule has 0 aliphatic rings. The summed E-state index contributed by atoms with van der Waals surface area (Å²) in [5, 5.41) is 1.37. The van der Waals surface area contributed by atoms with Gasteiger partial charge in [0.05, 0.1) is 0 Å². The molecule has 0 atom stereocenters. The van der Waals surface area contributed by atoms with Crippen LogP contribution in [0.25, 0.3) is 10.9 Å². The molecule has 2 aromatic rings. The fourth-order valence-corrected chi connectivity index (χ4v) is 2.17. The molecule has 0 saturated heterocycles. The number of fused-ring (bicyclic) bond motifs is 1. The largest absolute Gasteiger partial charge is 0.345 e. The summed E-state index contributed by atoms with van der Waals surface area (Å²) in [7, 11) is 0. The van der Waals surface area contributed by atoms with Gasteiger partial charge < -0.3 is 4.57 Å². The lowest BCUT2D eigenvalue weighted by Crippen LogP contribution is -1.99. The van der Waals surface area contributed by atoms with Crippen LogP contribution < -0.4 is 0 Å². The van der Waals surface area contributed by atoms with Crippen molar-refractivity contribution in [3.05, 3.63) is 36.0 Å². The summed E-state index contributed by atoms with van der Waals surface area (Å²) in [5.74, 6) is 0. The summed E-state index contributed by atoms with van der Waals surface area (Å²) < 4.78 is 2.44. The zero-order valence-corrected chi connectivity index (χ0v) is 9.66. The molecule has 1 heteroatoms. The highest BCUT2D eigenvalue weighted by molar-refractivity contribution is 5.81. The molecule has 15 heavy (non-hydrogen) atoms. The van der Waals surface area contributed by atoms with E-state index in [1.165, 1.54) is 35.9 Å². The summed E-state index contributed by atoms with van der Waals surface area (Å²) in [4.78, 5) is 0. The predicted octanol–water partition coefficient (Wildman–Crippen LogP) is 4.14. The summed E-state index contributed by atoms with van der Waals surface area (Å²) in [6.45, 7) is 5.61. The average Bonchev–Trinajstić information content (AvgIpc) is 2.56. The molecular formula is C14H19N. The molecule has 2 rings (SSSR count). The Balaban J connectivity index is 2.28. The summed E-state index contributed by atoms with van der Waals surface area (Å²) >= 11 is 0. The Morgan fingerprint density at radius 3 is 2.73 bits per heavy atom. The smallest absolute Gasteiger partial charge is 0.0482 e. The van der Waals surface area contributed by atoms with Gasteiger partial charge in [0.15, 0.2) is 0 Å². The van der Waals surface area contributed by atoms with Gasteiger partial charge in [-0.15, -0.1) is 0 Å². The highest BCUT2D eigenvalue weighted by atomic mass is 15.0. The first kappa shape index (κ1) is 10.3. The van der Waals surface area contributed by atoms with E-state index in [-0.39, 0.29) is 0 Å². The molecule has 0 bridgehead atoms. The Bertz CT molecular complexity index is 440. The number of nitrogens with zero attached hydrogens (tertiary/aromatic N) is 1. The van der Waals surface area contributed by atoms with Crippen molar-refractivity contribution in [2.24, 2.45) is 0 Å². The van der Waals surface area contributed by atoms with E-state index in [0.29, 0.717) is 0 Å². The van der Waals surface area contributed by atoms with Gasteiger partial charge in [-0.3, -0.25) is 0 Å². The van der Waals surface area contributed by atoms with Crippen LogP contribution in [-0.4, -0.2) is 4.57 Å². The van der Waals surface area contributed by atoms with Crippen molar-refractivity contribution in [3.8, 4) is 0 Å². The zero-order valence-electron chi connectivity index (χ0n) is 9.66. The number of aryl methyl sites for hydroxylation is 2. The molecule has 0 saturated carbocycles. The van der Waals surface area contributed by atoms with Gasteiger partial charge >= 0.3 is 0 Å². The molecule has 1 heterocycles. The molecule has 0 N–H and O–H groups in total. The van der Waals surface area contributed by atoms with Gasteiger partial charge in [-0.05, 0) is 30.9 Å². The van der Waals surface area contributed by atoms with Crippen LogP contribution in [0.2, 0.25) is 0 Å². The number of unbranched alkanes of at least 4 members (excludes halogenated alkanes) is 2. The van der Waals surface area contributed by atoms with Crippen LogP contribution >= 0.6 is 0 Å². The number of para-hydroxylation sites is 1. The minimum absolute atomic E-state index is 1.16. The second kappa shape index (κ2) is 4.52. The number of hydrogen-bond acceptors (Lipinski definition) is 0. The molecule has 1 nitrogen and oxygen atoms in total. The van der Waals surface area contributed by atoms with E-state index in [2.05, 4.69) is 48.7 Å². The number of aromatic nitrogens is 1. The summed E-state index contributed by atoms with van der Waals surface area (Å²) in [5.41, 5.74) is 2.76. The maximum atomic E-state index is 2.44. The highest BCUT2D eigenvalue weighted by Crippen LogP contribution is 2.19. The van der Waals surface area contributed by atoms with E-state index in [1.807, 2.05) is 0 Å². The second-order valence-electron chi connectivity index (χ2n) is 4.20. The lowest BCUT2D eigenvalue weighted by atomic mass is 10.2. The van der Waals surface area contributed by atoms with Gasteiger partial charge in [-0.1, -0.05) is 38.0 Å². The third kappa shape index (κ3) is 2.06. The maximum Gasteiger partial charge on any atom is 0.0482 e. The van der Waals surface area contributed by atoms with Gasteiger partial charge in [0, 0.05) is 17.8 Å². The highest BCUT2D eigenvalue weighted by Gasteiger charge is 2.03. The van der Waals surface area contributed by atoms with Crippen molar-refractivity contribution in [1.29, 1.82) is 0 Å². The average molecular weight is 201 g/mol. The molecule has 80 valence electrons. The lowest BCUT2D eigenvalue weighted by Gasteiger charge is -2.07. The predicted molar refractivity (Wildman–Crippen MR) is 66.2 cm³/mol. The van der Waals surface area contributed by atoms with E-state index in [0.717, 1.165) is 6.54 Å². The third-order valence-electron chi connectivity index (χ3n) is 3.00. The standard InChI is InChI=1S/C14H19N/c1-3-4-7-10-15-12(2)11-13-8-5-6-9-14(13)15/h5-6,8-9,11H,3-4,7,10H2,1-2H3. The quantitative estimate of drug-likeness (QED) is 0.655. The fourth-order valence-electron chi connectivity index (χ4n) is 2.17. The maximum absolute atomic E-state index is 2.44. The fraction of sp³-hybridized carbons (Fsp3) is 0.429.